The Morgan fingerprint density at radius 2 is 1.70 bits per heavy atom. The van der Waals surface area contributed by atoms with Crippen LogP contribution in [0.15, 0.2) is 71.8 Å². The minimum Gasteiger partial charge on any atom is -0.497 e. The van der Waals surface area contributed by atoms with Crippen molar-refractivity contribution in [1.82, 2.24) is 14.8 Å². The fourth-order valence-electron chi connectivity index (χ4n) is 5.40. The first-order valence-electron chi connectivity index (χ1n) is 14.5. The highest BCUT2D eigenvalue weighted by atomic mass is 19.1. The highest BCUT2D eigenvalue weighted by molar-refractivity contribution is 6.04. The molecule has 2 heterocycles. The predicted molar refractivity (Wildman–Crippen MR) is 163 cm³/mol. The van der Waals surface area contributed by atoms with Crippen LogP contribution in [0.2, 0.25) is 0 Å². The molecule has 3 aromatic rings. The maximum atomic E-state index is 14.1. The van der Waals surface area contributed by atoms with E-state index in [2.05, 4.69) is 4.90 Å². The number of methoxy groups -OCH3 is 3. The van der Waals surface area contributed by atoms with Crippen LogP contribution in [0.5, 0.6) is 17.2 Å². The van der Waals surface area contributed by atoms with E-state index in [1.807, 2.05) is 36.4 Å². The molecular formula is C33H37FN4O6. The van der Waals surface area contributed by atoms with Crippen LogP contribution >= 0.6 is 0 Å². The summed E-state index contributed by atoms with van der Waals surface area (Å²) < 4.78 is 35.8. The summed E-state index contributed by atoms with van der Waals surface area (Å²) in [5.41, 5.74) is 2.56. The van der Waals surface area contributed by atoms with Crippen LogP contribution in [0.4, 0.5) is 4.39 Å². The monoisotopic (exact) mass is 604 g/mol. The Morgan fingerprint density at radius 3 is 2.39 bits per heavy atom. The van der Waals surface area contributed by atoms with Gasteiger partial charge in [-0.25, -0.2) is 9.40 Å². The topological polar surface area (TPSA) is 93.1 Å². The van der Waals surface area contributed by atoms with E-state index in [1.54, 1.807) is 33.5 Å². The summed E-state index contributed by atoms with van der Waals surface area (Å²) in [5.74, 6) is 0.509. The van der Waals surface area contributed by atoms with Gasteiger partial charge >= 0.3 is 0 Å². The first-order valence-corrected chi connectivity index (χ1v) is 14.5. The molecular weight excluding hydrogens is 567 g/mol. The van der Waals surface area contributed by atoms with Crippen molar-refractivity contribution < 1.29 is 32.9 Å². The van der Waals surface area contributed by atoms with Crippen molar-refractivity contribution in [2.75, 3.05) is 67.3 Å². The van der Waals surface area contributed by atoms with E-state index >= 15 is 0 Å². The van der Waals surface area contributed by atoms with Crippen molar-refractivity contribution in [2.24, 2.45) is 5.10 Å². The Hall–Kier alpha value is -4.48. The number of carbonyl (C=O) groups excluding carboxylic acids is 2. The lowest BCUT2D eigenvalue weighted by atomic mass is 9.98. The number of hydrogen-bond acceptors (Lipinski definition) is 8. The molecule has 1 fully saturated rings. The number of morpholine rings is 1. The van der Waals surface area contributed by atoms with Crippen molar-refractivity contribution >= 4 is 17.5 Å². The molecule has 0 spiro atoms. The molecule has 0 aliphatic carbocycles. The highest BCUT2D eigenvalue weighted by Gasteiger charge is 2.35. The van der Waals surface area contributed by atoms with Gasteiger partial charge in [0, 0.05) is 38.2 Å². The standard InChI is InChI=1S/C33H37FN4O6/c1-41-27-10-7-23(8-11-27)28-21-29(24-9-12-30(42-2)31(20-24)43-3)38(35-28)32(39)22-37(14-13-36-15-17-44-18-16-36)33(40)25-5-4-6-26(34)19-25/h4-12,19-20,29H,13-18,21-22H2,1-3H3/t29-/m1/s1. The molecule has 5 rings (SSSR count). The Kier molecular flexibility index (Phi) is 10.1. The van der Waals surface area contributed by atoms with Crippen LogP contribution in [0, 0.1) is 5.82 Å². The molecule has 0 bridgehead atoms. The SMILES string of the molecule is COc1ccc(C2=NN(C(=O)CN(CCN3CCOCC3)C(=O)c3cccc(F)c3)[C@@H](c3ccc(OC)c(OC)c3)C2)cc1. The number of halogens is 1. The number of ether oxygens (including phenoxy) is 4. The molecule has 1 saturated heterocycles. The minimum absolute atomic E-state index is 0.181. The van der Waals surface area contributed by atoms with E-state index in [0.717, 1.165) is 29.9 Å². The van der Waals surface area contributed by atoms with Crippen molar-refractivity contribution in [3.63, 3.8) is 0 Å². The zero-order valence-electron chi connectivity index (χ0n) is 25.2. The zero-order chi connectivity index (χ0) is 31.1. The molecule has 0 N–H and O–H groups in total. The van der Waals surface area contributed by atoms with Gasteiger partial charge in [0.05, 0.1) is 46.3 Å². The summed E-state index contributed by atoms with van der Waals surface area (Å²) in [4.78, 5) is 31.4. The van der Waals surface area contributed by atoms with Gasteiger partial charge in [0.2, 0.25) is 0 Å². The smallest absolute Gasteiger partial charge is 0.262 e. The molecule has 0 aromatic heterocycles. The molecule has 3 aromatic carbocycles. The number of hydrogen-bond donors (Lipinski definition) is 0. The maximum absolute atomic E-state index is 14.1. The van der Waals surface area contributed by atoms with E-state index in [0.29, 0.717) is 43.4 Å². The van der Waals surface area contributed by atoms with Crippen LogP contribution < -0.4 is 14.2 Å². The fraction of sp³-hybridized carbons (Fsp3) is 0.364. The molecule has 11 heteroatoms. The molecule has 2 aliphatic rings. The van der Waals surface area contributed by atoms with Crippen LogP contribution in [0.25, 0.3) is 0 Å². The van der Waals surface area contributed by atoms with Gasteiger partial charge in [-0.1, -0.05) is 12.1 Å². The maximum Gasteiger partial charge on any atom is 0.262 e. The molecule has 2 aliphatic heterocycles. The lowest BCUT2D eigenvalue weighted by Gasteiger charge is -2.31. The Bertz CT molecular complexity index is 1490. The third-order valence-corrected chi connectivity index (χ3v) is 7.86. The predicted octanol–water partition coefficient (Wildman–Crippen LogP) is 4.00. The number of rotatable bonds is 11. The molecule has 0 unspecified atom stereocenters. The van der Waals surface area contributed by atoms with E-state index in [9.17, 15) is 14.0 Å². The highest BCUT2D eigenvalue weighted by Crippen LogP contribution is 2.37. The Balaban J connectivity index is 1.45. The van der Waals surface area contributed by atoms with Crippen molar-refractivity contribution in [1.29, 1.82) is 0 Å². The van der Waals surface area contributed by atoms with Crippen molar-refractivity contribution in [3.8, 4) is 17.2 Å². The third kappa shape index (κ3) is 7.17. The second kappa shape index (κ2) is 14.3. The fourth-order valence-corrected chi connectivity index (χ4v) is 5.40. The summed E-state index contributed by atoms with van der Waals surface area (Å²) >= 11 is 0. The van der Waals surface area contributed by atoms with E-state index in [4.69, 9.17) is 24.0 Å². The van der Waals surface area contributed by atoms with Gasteiger partial charge in [-0.2, -0.15) is 5.10 Å². The molecule has 10 nitrogen and oxygen atoms in total. The molecule has 2 amide bonds. The van der Waals surface area contributed by atoms with Crippen LogP contribution in [-0.2, 0) is 9.53 Å². The first kappa shape index (κ1) is 31.0. The summed E-state index contributed by atoms with van der Waals surface area (Å²) in [6.07, 6.45) is 0.444. The number of amides is 2. The van der Waals surface area contributed by atoms with Crippen molar-refractivity contribution in [2.45, 2.75) is 12.5 Å². The molecule has 232 valence electrons. The summed E-state index contributed by atoms with van der Waals surface area (Å²) in [6, 6.07) is 18.1. The van der Waals surface area contributed by atoms with Gasteiger partial charge in [0.1, 0.15) is 18.1 Å². The largest absolute Gasteiger partial charge is 0.497 e. The van der Waals surface area contributed by atoms with Gasteiger partial charge in [0.25, 0.3) is 11.8 Å². The van der Waals surface area contributed by atoms with Gasteiger partial charge in [0.15, 0.2) is 11.5 Å². The molecule has 1 atom stereocenters. The van der Waals surface area contributed by atoms with Gasteiger partial charge in [-0.05, 0) is 65.7 Å². The van der Waals surface area contributed by atoms with Gasteiger partial charge < -0.3 is 23.8 Å². The lowest BCUT2D eigenvalue weighted by Crippen LogP contribution is -2.46. The first-order chi connectivity index (χ1) is 21.4. The summed E-state index contributed by atoms with van der Waals surface area (Å²) in [6.45, 7) is 3.30. The zero-order valence-corrected chi connectivity index (χ0v) is 25.2. The van der Waals surface area contributed by atoms with E-state index < -0.39 is 17.8 Å². The number of carbonyl (C=O) groups is 2. The van der Waals surface area contributed by atoms with Gasteiger partial charge in [-0.15, -0.1) is 0 Å². The van der Waals surface area contributed by atoms with Crippen LogP contribution in [-0.4, -0.2) is 99.6 Å². The lowest BCUT2D eigenvalue weighted by molar-refractivity contribution is -0.133. The average molecular weight is 605 g/mol. The average Bonchev–Trinajstić information content (AvgIpc) is 3.52. The molecule has 44 heavy (non-hydrogen) atoms. The molecule has 0 radical (unpaired) electrons. The normalized spacial score (nSPS) is 16.8. The molecule has 0 saturated carbocycles. The second-order valence-electron chi connectivity index (χ2n) is 10.5. The minimum atomic E-state index is -0.517. The second-order valence-corrected chi connectivity index (χ2v) is 10.5. The third-order valence-electron chi connectivity index (χ3n) is 7.86. The quantitative estimate of drug-likeness (QED) is 0.327. The number of nitrogens with zero attached hydrogens (tertiary/aromatic N) is 4. The summed E-state index contributed by atoms with van der Waals surface area (Å²) in [5, 5.41) is 6.23. The summed E-state index contributed by atoms with van der Waals surface area (Å²) in [7, 11) is 4.73. The number of hydrazone groups is 1. The van der Waals surface area contributed by atoms with Crippen LogP contribution in [0.3, 0.4) is 0 Å². The van der Waals surface area contributed by atoms with Crippen molar-refractivity contribution in [3.05, 3.63) is 89.2 Å². The van der Waals surface area contributed by atoms with Gasteiger partial charge in [-0.3, -0.25) is 14.5 Å². The van der Waals surface area contributed by atoms with E-state index in [1.165, 1.54) is 28.1 Å². The van der Waals surface area contributed by atoms with E-state index in [-0.39, 0.29) is 24.6 Å². The Morgan fingerprint density at radius 1 is 0.955 bits per heavy atom. The Labute approximate surface area is 256 Å². The number of benzene rings is 3. The van der Waals surface area contributed by atoms with Crippen LogP contribution in [0.1, 0.15) is 33.9 Å².